The minimum atomic E-state index is -0.890. The molecule has 6 heteroatoms. The van der Waals surface area contributed by atoms with Gasteiger partial charge in [-0.05, 0) is 72.2 Å². The molecule has 1 N–H and O–H groups in total. The first-order valence-corrected chi connectivity index (χ1v) is 10.8. The maximum Gasteiger partial charge on any atom is 0.314 e. The minimum Gasteiger partial charge on any atom is -0.481 e. The van der Waals surface area contributed by atoms with Crippen molar-refractivity contribution in [3.63, 3.8) is 0 Å². The quantitative estimate of drug-likeness (QED) is 0.545. The van der Waals surface area contributed by atoms with Crippen molar-refractivity contribution in [2.24, 2.45) is 0 Å². The van der Waals surface area contributed by atoms with Crippen LogP contribution in [0.1, 0.15) is 88.0 Å². The van der Waals surface area contributed by atoms with Gasteiger partial charge in [-0.3, -0.25) is 9.59 Å². The smallest absolute Gasteiger partial charge is 0.314 e. The van der Waals surface area contributed by atoms with Crippen LogP contribution >= 0.6 is 0 Å². The summed E-state index contributed by atoms with van der Waals surface area (Å²) in [5, 5.41) is 8.65. The molecular weight excluding hydrogens is 414 g/mol. The minimum absolute atomic E-state index is 0.0478. The molecule has 3 rings (SSSR count). The van der Waals surface area contributed by atoms with Crippen LogP contribution in [0.15, 0.2) is 36.4 Å². The number of ether oxygens (including phenoxy) is 1. The fraction of sp³-hybridized carbons (Fsp3) is 0.462. The number of esters is 1. The molecule has 0 amide bonds. The number of carbonyl (C=O) groups is 2. The predicted octanol–water partition coefficient (Wildman–Crippen LogP) is 6.33. The first-order chi connectivity index (χ1) is 14.8. The van der Waals surface area contributed by atoms with Gasteiger partial charge in [0.2, 0.25) is 0 Å². The zero-order chi connectivity index (χ0) is 24.2. The zero-order valence-electron chi connectivity index (χ0n) is 19.5. The topological polar surface area (TPSA) is 63.6 Å². The van der Waals surface area contributed by atoms with Crippen molar-refractivity contribution in [1.29, 1.82) is 0 Å². The van der Waals surface area contributed by atoms with Gasteiger partial charge < -0.3 is 9.84 Å². The molecule has 174 valence electrons. The van der Waals surface area contributed by atoms with E-state index in [2.05, 4.69) is 0 Å². The molecule has 32 heavy (non-hydrogen) atoms. The maximum atomic E-state index is 13.3. The molecule has 0 spiro atoms. The molecule has 1 fully saturated rings. The fourth-order valence-electron chi connectivity index (χ4n) is 3.99. The molecule has 1 unspecified atom stereocenters. The fourth-order valence-corrected chi connectivity index (χ4v) is 3.99. The van der Waals surface area contributed by atoms with Crippen molar-refractivity contribution in [1.82, 2.24) is 0 Å². The average molecular weight is 447 g/mol. The Kier molecular flexibility index (Phi) is 8.16. The Morgan fingerprint density at radius 3 is 2.03 bits per heavy atom. The first kappa shape index (κ1) is 25.5. The van der Waals surface area contributed by atoms with Gasteiger partial charge in [0.1, 0.15) is 17.2 Å². The summed E-state index contributed by atoms with van der Waals surface area (Å²) in [6.07, 6.45) is 0.602. The zero-order valence-corrected chi connectivity index (χ0v) is 19.5. The van der Waals surface area contributed by atoms with Crippen molar-refractivity contribution in [3.05, 3.63) is 70.3 Å². The van der Waals surface area contributed by atoms with Crippen molar-refractivity contribution in [2.45, 2.75) is 77.7 Å². The standard InChI is InChI=1S/C15H19FO2.C11H13FO2/c1-9(2)12-7-10(16)5-6-11(12)13-8-15(3,4)18-14(13)17;1-7(2)10-6-9(12)4-3-8(10)5-11(13)14/h5-7,9,13H,8H2,1-4H3;3-4,6-7H,5H2,1-2H3,(H,13,14). The number of carboxylic acids is 1. The van der Waals surface area contributed by atoms with Gasteiger partial charge in [0.25, 0.3) is 0 Å². The summed E-state index contributed by atoms with van der Waals surface area (Å²) >= 11 is 0. The predicted molar refractivity (Wildman–Crippen MR) is 120 cm³/mol. The van der Waals surface area contributed by atoms with Crippen LogP contribution in [0.4, 0.5) is 8.78 Å². The molecule has 1 heterocycles. The van der Waals surface area contributed by atoms with E-state index >= 15 is 0 Å². The highest BCUT2D eigenvalue weighted by atomic mass is 19.1. The lowest BCUT2D eigenvalue weighted by atomic mass is 9.85. The molecule has 4 nitrogen and oxygen atoms in total. The number of hydrogen-bond acceptors (Lipinski definition) is 3. The van der Waals surface area contributed by atoms with E-state index in [1.165, 1.54) is 24.3 Å². The Hall–Kier alpha value is -2.76. The third-order valence-electron chi connectivity index (χ3n) is 5.47. The summed E-state index contributed by atoms with van der Waals surface area (Å²) in [5.74, 6) is -1.60. The van der Waals surface area contributed by atoms with E-state index < -0.39 is 11.6 Å². The number of hydrogen-bond donors (Lipinski definition) is 1. The highest BCUT2D eigenvalue weighted by Crippen LogP contribution is 2.40. The number of aliphatic carboxylic acids is 1. The van der Waals surface area contributed by atoms with Gasteiger partial charge >= 0.3 is 11.9 Å². The average Bonchev–Trinajstić information content (AvgIpc) is 2.95. The molecule has 0 radical (unpaired) electrons. The summed E-state index contributed by atoms with van der Waals surface area (Å²) in [6.45, 7) is 11.7. The van der Waals surface area contributed by atoms with Crippen LogP contribution in [-0.4, -0.2) is 22.6 Å². The number of carboxylic acid groups (broad SMARTS) is 1. The Balaban J connectivity index is 0.000000235. The van der Waals surface area contributed by atoms with Crippen molar-refractivity contribution in [3.8, 4) is 0 Å². The van der Waals surface area contributed by atoms with E-state index in [1.807, 2.05) is 41.5 Å². The van der Waals surface area contributed by atoms with E-state index in [0.29, 0.717) is 12.0 Å². The normalized spacial score (nSPS) is 17.2. The first-order valence-electron chi connectivity index (χ1n) is 10.8. The molecule has 1 aliphatic rings. The van der Waals surface area contributed by atoms with E-state index in [0.717, 1.165) is 16.7 Å². The van der Waals surface area contributed by atoms with Crippen LogP contribution in [0.2, 0.25) is 0 Å². The van der Waals surface area contributed by atoms with Crippen LogP contribution in [0.25, 0.3) is 0 Å². The molecule has 1 atom stereocenters. The highest BCUT2D eigenvalue weighted by molar-refractivity contribution is 5.81. The summed E-state index contributed by atoms with van der Waals surface area (Å²) in [7, 11) is 0. The molecule has 0 saturated carbocycles. The second-order valence-electron chi connectivity index (χ2n) is 9.43. The number of carbonyl (C=O) groups excluding carboxylic acids is 1. The highest BCUT2D eigenvalue weighted by Gasteiger charge is 2.41. The lowest BCUT2D eigenvalue weighted by molar-refractivity contribution is -0.147. The van der Waals surface area contributed by atoms with Gasteiger partial charge in [0, 0.05) is 6.42 Å². The van der Waals surface area contributed by atoms with Gasteiger partial charge in [-0.1, -0.05) is 39.8 Å². The third-order valence-corrected chi connectivity index (χ3v) is 5.47. The van der Waals surface area contributed by atoms with Gasteiger partial charge in [-0.2, -0.15) is 0 Å². The van der Waals surface area contributed by atoms with Crippen LogP contribution in [-0.2, 0) is 20.7 Å². The monoisotopic (exact) mass is 446 g/mol. The number of cyclic esters (lactones) is 1. The molecule has 0 aromatic heterocycles. The van der Waals surface area contributed by atoms with Crippen LogP contribution in [0.5, 0.6) is 0 Å². The second-order valence-corrected chi connectivity index (χ2v) is 9.43. The Morgan fingerprint density at radius 1 is 1.03 bits per heavy atom. The van der Waals surface area contributed by atoms with Gasteiger partial charge in [0.15, 0.2) is 0 Å². The molecular formula is C26H32F2O4. The van der Waals surface area contributed by atoms with Gasteiger partial charge in [-0.15, -0.1) is 0 Å². The van der Waals surface area contributed by atoms with Crippen molar-refractivity contribution in [2.75, 3.05) is 0 Å². The van der Waals surface area contributed by atoms with Crippen LogP contribution in [0.3, 0.4) is 0 Å². The number of halogens is 2. The molecule has 1 aliphatic heterocycles. The molecule has 0 bridgehead atoms. The van der Waals surface area contributed by atoms with Gasteiger partial charge in [0.05, 0.1) is 12.3 Å². The van der Waals surface area contributed by atoms with E-state index in [-0.39, 0.29) is 41.8 Å². The van der Waals surface area contributed by atoms with E-state index in [1.54, 1.807) is 12.1 Å². The Bertz CT molecular complexity index is 980. The summed E-state index contributed by atoms with van der Waals surface area (Å²) in [5.41, 5.74) is 2.84. The summed E-state index contributed by atoms with van der Waals surface area (Å²) in [6, 6.07) is 8.91. The number of benzene rings is 2. The Morgan fingerprint density at radius 2 is 1.56 bits per heavy atom. The van der Waals surface area contributed by atoms with Crippen molar-refractivity contribution < 1.29 is 28.2 Å². The van der Waals surface area contributed by atoms with Gasteiger partial charge in [-0.25, -0.2) is 8.78 Å². The third kappa shape index (κ3) is 6.62. The number of rotatable bonds is 5. The molecule has 2 aromatic rings. The summed E-state index contributed by atoms with van der Waals surface area (Å²) < 4.78 is 31.6. The van der Waals surface area contributed by atoms with E-state index in [4.69, 9.17) is 9.84 Å². The van der Waals surface area contributed by atoms with Crippen molar-refractivity contribution >= 4 is 11.9 Å². The Labute approximate surface area is 188 Å². The van der Waals surface area contributed by atoms with Crippen LogP contribution < -0.4 is 0 Å². The molecule has 2 aromatic carbocycles. The van der Waals surface area contributed by atoms with Crippen LogP contribution in [0, 0.1) is 11.6 Å². The lowest BCUT2D eigenvalue weighted by Gasteiger charge is -2.17. The second kappa shape index (κ2) is 10.2. The molecule has 1 saturated heterocycles. The largest absolute Gasteiger partial charge is 0.481 e. The SMILES string of the molecule is CC(C)c1cc(F)ccc1C1CC(C)(C)OC1=O.CC(C)c1cc(F)ccc1CC(=O)O. The summed E-state index contributed by atoms with van der Waals surface area (Å²) in [4.78, 5) is 22.5. The molecule has 0 aliphatic carbocycles. The maximum absolute atomic E-state index is 13.3. The van der Waals surface area contributed by atoms with E-state index in [9.17, 15) is 18.4 Å². The lowest BCUT2D eigenvalue weighted by Crippen LogP contribution is -2.17.